The van der Waals surface area contributed by atoms with Crippen molar-refractivity contribution in [1.82, 2.24) is 0 Å². The Morgan fingerprint density at radius 3 is 2.18 bits per heavy atom. The number of nitrogens with zero attached hydrogens (tertiary/aromatic N) is 1. The Balaban J connectivity index is 2.06. The van der Waals surface area contributed by atoms with Crippen molar-refractivity contribution in [3.63, 3.8) is 0 Å². The van der Waals surface area contributed by atoms with Crippen LogP contribution in [0.15, 0.2) is 42.5 Å². The molecule has 0 amide bonds. The molecule has 0 heterocycles. The minimum Gasteiger partial charge on any atom is -0.325 e. The Morgan fingerprint density at radius 2 is 1.55 bits per heavy atom. The first kappa shape index (κ1) is 15.9. The average Bonchev–Trinajstić information content (AvgIpc) is 2.48. The first-order valence-electron chi connectivity index (χ1n) is 7.73. The maximum atomic E-state index is 6.23. The Labute approximate surface area is 143 Å². The molecule has 2 aromatic carbocycles. The number of halogens is 2. The maximum absolute atomic E-state index is 6.23. The van der Waals surface area contributed by atoms with Crippen LogP contribution in [0, 0.1) is 0 Å². The maximum Gasteiger partial charge on any atom is 0.114 e. The fraction of sp³-hybridized carbons (Fsp3) is 0.368. The summed E-state index contributed by atoms with van der Waals surface area (Å²) in [5.41, 5.74) is 4.17. The number of fused-ring (bicyclic) bond motifs is 1. The van der Waals surface area contributed by atoms with Gasteiger partial charge < -0.3 is 4.48 Å². The number of hydrogen-bond acceptors (Lipinski definition) is 0. The van der Waals surface area contributed by atoms with Crippen molar-refractivity contribution in [2.45, 2.75) is 24.8 Å². The predicted molar refractivity (Wildman–Crippen MR) is 94.8 cm³/mol. The number of benzene rings is 2. The van der Waals surface area contributed by atoms with Crippen LogP contribution in [0.2, 0.25) is 10.0 Å². The second-order valence-electron chi connectivity index (χ2n) is 7.06. The molecule has 0 N–H and O–H groups in total. The van der Waals surface area contributed by atoms with Gasteiger partial charge in [0.05, 0.1) is 31.2 Å². The van der Waals surface area contributed by atoms with E-state index in [-0.39, 0.29) is 0 Å². The van der Waals surface area contributed by atoms with Gasteiger partial charge >= 0.3 is 0 Å². The van der Waals surface area contributed by atoms with Gasteiger partial charge in [0.25, 0.3) is 0 Å². The highest BCUT2D eigenvalue weighted by Crippen LogP contribution is 2.45. The van der Waals surface area contributed by atoms with Crippen LogP contribution < -0.4 is 0 Å². The van der Waals surface area contributed by atoms with Gasteiger partial charge in [0.1, 0.15) is 6.04 Å². The summed E-state index contributed by atoms with van der Waals surface area (Å²) in [6, 6.07) is 15.4. The second-order valence-corrected chi connectivity index (χ2v) is 7.88. The first-order chi connectivity index (χ1) is 10.4. The summed E-state index contributed by atoms with van der Waals surface area (Å²) in [4.78, 5) is 0. The van der Waals surface area contributed by atoms with Crippen molar-refractivity contribution in [3.8, 4) is 0 Å². The fourth-order valence-electron chi connectivity index (χ4n) is 3.65. The van der Waals surface area contributed by atoms with Crippen LogP contribution in [0.1, 0.15) is 41.5 Å². The molecule has 0 radical (unpaired) electrons. The molecule has 2 aromatic rings. The largest absolute Gasteiger partial charge is 0.325 e. The van der Waals surface area contributed by atoms with Gasteiger partial charge in [0.15, 0.2) is 0 Å². The van der Waals surface area contributed by atoms with Crippen LogP contribution in [0.5, 0.6) is 0 Å². The predicted octanol–water partition coefficient (Wildman–Crippen LogP) is 5.67. The highest BCUT2D eigenvalue weighted by atomic mass is 35.5. The third kappa shape index (κ3) is 2.90. The zero-order valence-corrected chi connectivity index (χ0v) is 14.8. The zero-order chi connectivity index (χ0) is 15.9. The van der Waals surface area contributed by atoms with Crippen LogP contribution in [-0.4, -0.2) is 25.6 Å². The molecule has 1 aliphatic rings. The van der Waals surface area contributed by atoms with E-state index in [9.17, 15) is 0 Å². The number of quaternary nitrogens is 1. The Kier molecular flexibility index (Phi) is 4.24. The van der Waals surface area contributed by atoms with Gasteiger partial charge in [0.2, 0.25) is 0 Å². The molecule has 22 heavy (non-hydrogen) atoms. The Hall–Kier alpha value is -1.02. The van der Waals surface area contributed by atoms with Crippen LogP contribution in [0.25, 0.3) is 0 Å². The molecule has 0 bridgehead atoms. The molecular formula is C19H22Cl2N+. The minimum absolute atomic E-state index is 0.411. The van der Waals surface area contributed by atoms with E-state index >= 15 is 0 Å². The van der Waals surface area contributed by atoms with Gasteiger partial charge in [-0.3, -0.25) is 0 Å². The third-order valence-electron chi connectivity index (χ3n) is 4.74. The van der Waals surface area contributed by atoms with Gasteiger partial charge in [-0.1, -0.05) is 53.5 Å². The molecule has 3 rings (SSSR count). The van der Waals surface area contributed by atoms with E-state index in [0.29, 0.717) is 22.0 Å². The monoisotopic (exact) mass is 334 g/mol. The standard InChI is InChI=1S/C19H22Cl2N/c1-22(2,3)19-11-9-14(15-6-4-5-7-16(15)19)13-8-10-17(20)18(21)12-13/h4-8,10,12,14,19H,9,11H2,1-3H3/q+1/t14-,19-/m0/s1. The van der Waals surface area contributed by atoms with Gasteiger partial charge in [-0.05, 0) is 29.7 Å². The lowest BCUT2D eigenvalue weighted by Gasteiger charge is -2.40. The lowest BCUT2D eigenvalue weighted by molar-refractivity contribution is -0.903. The highest BCUT2D eigenvalue weighted by Gasteiger charge is 2.35. The summed E-state index contributed by atoms with van der Waals surface area (Å²) in [5.74, 6) is 0.411. The number of hydrogen-bond donors (Lipinski definition) is 0. The van der Waals surface area contributed by atoms with Crippen LogP contribution in [-0.2, 0) is 0 Å². The summed E-state index contributed by atoms with van der Waals surface area (Å²) in [7, 11) is 6.84. The minimum atomic E-state index is 0.411. The summed E-state index contributed by atoms with van der Waals surface area (Å²) < 4.78 is 0.963. The van der Waals surface area contributed by atoms with E-state index in [1.54, 1.807) is 0 Å². The van der Waals surface area contributed by atoms with E-state index in [4.69, 9.17) is 23.2 Å². The van der Waals surface area contributed by atoms with Crippen molar-refractivity contribution in [2.75, 3.05) is 21.1 Å². The van der Waals surface area contributed by atoms with Gasteiger partial charge in [-0.25, -0.2) is 0 Å². The molecule has 0 fully saturated rings. The molecule has 0 saturated carbocycles. The van der Waals surface area contributed by atoms with E-state index in [1.165, 1.54) is 23.1 Å². The summed E-state index contributed by atoms with van der Waals surface area (Å²) >= 11 is 12.3. The summed E-state index contributed by atoms with van der Waals surface area (Å²) in [5, 5.41) is 1.27. The van der Waals surface area contributed by atoms with Gasteiger partial charge in [0, 0.05) is 17.9 Å². The molecule has 1 nitrogen and oxygen atoms in total. The quantitative estimate of drug-likeness (QED) is 0.621. The Morgan fingerprint density at radius 1 is 0.864 bits per heavy atom. The molecule has 116 valence electrons. The van der Waals surface area contributed by atoms with E-state index in [2.05, 4.69) is 51.5 Å². The summed E-state index contributed by atoms with van der Waals surface area (Å²) in [6.45, 7) is 0. The summed E-state index contributed by atoms with van der Waals surface area (Å²) in [6.07, 6.45) is 2.33. The zero-order valence-electron chi connectivity index (χ0n) is 13.3. The highest BCUT2D eigenvalue weighted by molar-refractivity contribution is 6.42. The van der Waals surface area contributed by atoms with Gasteiger partial charge in [-0.2, -0.15) is 0 Å². The first-order valence-corrected chi connectivity index (χ1v) is 8.48. The lowest BCUT2D eigenvalue weighted by Crippen LogP contribution is -2.41. The lowest BCUT2D eigenvalue weighted by atomic mass is 9.76. The van der Waals surface area contributed by atoms with Crippen LogP contribution >= 0.6 is 23.2 Å². The van der Waals surface area contributed by atoms with Gasteiger partial charge in [-0.15, -0.1) is 0 Å². The van der Waals surface area contributed by atoms with Crippen LogP contribution in [0.4, 0.5) is 0 Å². The van der Waals surface area contributed by atoms with E-state index < -0.39 is 0 Å². The molecule has 0 spiro atoms. The van der Waals surface area contributed by atoms with Crippen molar-refractivity contribution < 1.29 is 4.48 Å². The molecule has 2 atom stereocenters. The fourth-order valence-corrected chi connectivity index (χ4v) is 3.95. The van der Waals surface area contributed by atoms with Crippen LogP contribution in [0.3, 0.4) is 0 Å². The SMILES string of the molecule is C[N+](C)(C)[C@H]1CC[C@@H](c2ccc(Cl)c(Cl)c2)c2ccccc21. The van der Waals surface area contributed by atoms with Crippen molar-refractivity contribution in [2.24, 2.45) is 0 Å². The number of rotatable bonds is 2. The molecular weight excluding hydrogens is 313 g/mol. The van der Waals surface area contributed by atoms with E-state index in [0.717, 1.165) is 10.9 Å². The van der Waals surface area contributed by atoms with Crippen molar-refractivity contribution >= 4 is 23.2 Å². The van der Waals surface area contributed by atoms with Crippen molar-refractivity contribution in [3.05, 3.63) is 69.2 Å². The van der Waals surface area contributed by atoms with E-state index in [1.807, 2.05) is 12.1 Å². The molecule has 0 aromatic heterocycles. The molecule has 3 heteroatoms. The molecule has 1 aliphatic carbocycles. The average molecular weight is 335 g/mol. The second kappa shape index (κ2) is 5.88. The third-order valence-corrected chi connectivity index (χ3v) is 5.48. The Bertz CT molecular complexity index is 688. The smallest absolute Gasteiger partial charge is 0.114 e. The molecule has 0 unspecified atom stereocenters. The molecule has 0 saturated heterocycles. The normalized spacial score (nSPS) is 21.5. The molecule has 0 aliphatic heterocycles. The topological polar surface area (TPSA) is 0 Å². The van der Waals surface area contributed by atoms with Crippen molar-refractivity contribution in [1.29, 1.82) is 0 Å².